The largest absolute Gasteiger partial charge is 0.354 e. The molecule has 0 radical (unpaired) electrons. The van der Waals surface area contributed by atoms with E-state index in [2.05, 4.69) is 5.32 Å². The van der Waals surface area contributed by atoms with Crippen molar-refractivity contribution in [3.8, 4) is 0 Å². The predicted molar refractivity (Wildman–Crippen MR) is 156 cm³/mol. The summed E-state index contributed by atoms with van der Waals surface area (Å²) in [7, 11) is -3.72. The van der Waals surface area contributed by atoms with Gasteiger partial charge in [0.2, 0.25) is 21.8 Å². The molecule has 9 heteroatoms. The molecule has 0 bridgehead atoms. The summed E-state index contributed by atoms with van der Waals surface area (Å²) in [5, 5.41) is 3.53. The fraction of sp³-hybridized carbons (Fsp3) is 0.333. The third-order valence-electron chi connectivity index (χ3n) is 6.35. The molecule has 7 nitrogen and oxygen atoms in total. The Hall–Kier alpha value is -3.20. The number of benzene rings is 3. The van der Waals surface area contributed by atoms with Gasteiger partial charge in [0.1, 0.15) is 6.04 Å². The Bertz CT molecular complexity index is 1300. The number of amides is 2. The Balaban J connectivity index is 1.97. The molecule has 3 aromatic carbocycles. The van der Waals surface area contributed by atoms with E-state index in [0.717, 1.165) is 40.1 Å². The number of rotatable bonds is 14. The van der Waals surface area contributed by atoms with Gasteiger partial charge in [-0.15, -0.1) is 0 Å². The van der Waals surface area contributed by atoms with Crippen molar-refractivity contribution in [2.75, 3.05) is 19.3 Å². The standard InChI is InChI=1S/C30H36ClN3O4S/c1-3-4-19-32-30(36)28(20-24-11-7-5-8-12-24)34(22-26-15-17-27(31)18-16-26)29(35)23-33(39(2,37)38)21-25-13-9-6-10-14-25/h5-18,28H,3-4,19-23H2,1-2H3,(H,32,36)/t28-/m1/s1. The predicted octanol–water partition coefficient (Wildman–Crippen LogP) is 4.66. The number of unbranched alkanes of at least 4 members (excludes halogenated alkanes) is 1. The first kappa shape index (κ1) is 30.3. The lowest BCUT2D eigenvalue weighted by Gasteiger charge is -2.33. The number of nitrogens with zero attached hydrogens (tertiary/aromatic N) is 2. The minimum atomic E-state index is -3.72. The summed E-state index contributed by atoms with van der Waals surface area (Å²) in [6.45, 7) is 2.31. The molecule has 3 rings (SSSR count). The molecule has 0 aliphatic rings. The smallest absolute Gasteiger partial charge is 0.243 e. The number of carbonyl (C=O) groups excluding carboxylic acids is 2. The van der Waals surface area contributed by atoms with Gasteiger partial charge in [0, 0.05) is 31.1 Å². The molecule has 0 aliphatic heterocycles. The van der Waals surface area contributed by atoms with E-state index in [1.54, 1.807) is 24.3 Å². The summed E-state index contributed by atoms with van der Waals surface area (Å²) in [5.74, 6) is -0.735. The molecule has 0 fully saturated rings. The maximum absolute atomic E-state index is 13.9. The van der Waals surface area contributed by atoms with E-state index in [1.807, 2.05) is 67.6 Å². The van der Waals surface area contributed by atoms with E-state index in [4.69, 9.17) is 11.6 Å². The molecule has 0 unspecified atom stereocenters. The zero-order chi connectivity index (χ0) is 28.3. The van der Waals surface area contributed by atoms with Crippen LogP contribution < -0.4 is 5.32 Å². The Morgan fingerprint density at radius 2 is 1.41 bits per heavy atom. The number of carbonyl (C=O) groups is 2. The second-order valence-corrected chi connectivity index (χ2v) is 11.9. The number of nitrogens with one attached hydrogen (secondary N) is 1. The van der Waals surface area contributed by atoms with Crippen molar-refractivity contribution in [3.05, 3.63) is 107 Å². The number of sulfonamides is 1. The Morgan fingerprint density at radius 1 is 0.846 bits per heavy atom. The van der Waals surface area contributed by atoms with Crippen molar-refractivity contribution in [2.24, 2.45) is 0 Å². The average molecular weight is 570 g/mol. The van der Waals surface area contributed by atoms with Crippen LogP contribution >= 0.6 is 11.6 Å². The highest BCUT2D eigenvalue weighted by Crippen LogP contribution is 2.18. The van der Waals surface area contributed by atoms with Crippen molar-refractivity contribution in [1.82, 2.24) is 14.5 Å². The van der Waals surface area contributed by atoms with Crippen LogP contribution in [0.5, 0.6) is 0 Å². The molecule has 1 atom stereocenters. The Labute approximate surface area is 236 Å². The van der Waals surface area contributed by atoms with Crippen LogP contribution in [0.2, 0.25) is 5.02 Å². The van der Waals surface area contributed by atoms with E-state index in [9.17, 15) is 18.0 Å². The summed E-state index contributed by atoms with van der Waals surface area (Å²) in [5.41, 5.74) is 2.44. The third-order valence-corrected chi connectivity index (χ3v) is 7.80. The van der Waals surface area contributed by atoms with E-state index in [0.29, 0.717) is 11.6 Å². The van der Waals surface area contributed by atoms with Crippen molar-refractivity contribution in [3.63, 3.8) is 0 Å². The van der Waals surface area contributed by atoms with Gasteiger partial charge in [0.05, 0.1) is 12.8 Å². The second kappa shape index (κ2) is 14.8. The first-order valence-electron chi connectivity index (χ1n) is 13.0. The molecule has 0 aromatic heterocycles. The Kier molecular flexibility index (Phi) is 11.5. The fourth-order valence-corrected chi connectivity index (χ4v) is 5.02. The van der Waals surface area contributed by atoms with Gasteiger partial charge in [-0.3, -0.25) is 9.59 Å². The maximum atomic E-state index is 13.9. The third kappa shape index (κ3) is 9.80. The van der Waals surface area contributed by atoms with Crippen LogP contribution in [0, 0.1) is 0 Å². The Morgan fingerprint density at radius 3 is 1.97 bits per heavy atom. The first-order valence-corrected chi connectivity index (χ1v) is 15.2. The summed E-state index contributed by atoms with van der Waals surface area (Å²) in [4.78, 5) is 29.0. The molecule has 1 N–H and O–H groups in total. The number of hydrogen-bond donors (Lipinski definition) is 1. The molecule has 0 heterocycles. The zero-order valence-corrected chi connectivity index (χ0v) is 24.0. The number of hydrogen-bond acceptors (Lipinski definition) is 4. The van der Waals surface area contributed by atoms with Gasteiger partial charge >= 0.3 is 0 Å². The van der Waals surface area contributed by atoms with Crippen molar-refractivity contribution >= 4 is 33.4 Å². The SMILES string of the molecule is CCCCNC(=O)[C@@H](Cc1ccccc1)N(Cc1ccc(Cl)cc1)C(=O)CN(Cc1ccccc1)S(C)(=O)=O. The minimum absolute atomic E-state index is 0.0479. The van der Waals surface area contributed by atoms with Crippen LogP contribution in [0.4, 0.5) is 0 Å². The average Bonchev–Trinajstić information content (AvgIpc) is 2.92. The molecule has 39 heavy (non-hydrogen) atoms. The highest BCUT2D eigenvalue weighted by atomic mass is 35.5. The molecule has 0 aliphatic carbocycles. The summed E-state index contributed by atoms with van der Waals surface area (Å²) in [6, 6.07) is 24.8. The van der Waals surface area contributed by atoms with Gasteiger partial charge in [-0.05, 0) is 35.2 Å². The van der Waals surface area contributed by atoms with Gasteiger partial charge in [0.15, 0.2) is 0 Å². The zero-order valence-electron chi connectivity index (χ0n) is 22.4. The molecule has 2 amide bonds. The van der Waals surface area contributed by atoms with Gasteiger partial charge < -0.3 is 10.2 Å². The van der Waals surface area contributed by atoms with Crippen molar-refractivity contribution in [1.29, 1.82) is 0 Å². The molecule has 208 valence electrons. The monoisotopic (exact) mass is 569 g/mol. The highest BCUT2D eigenvalue weighted by Gasteiger charge is 2.32. The summed E-state index contributed by atoms with van der Waals surface area (Å²) >= 11 is 6.08. The van der Waals surface area contributed by atoms with Crippen LogP contribution in [-0.2, 0) is 39.1 Å². The quantitative estimate of drug-likeness (QED) is 0.286. The van der Waals surface area contributed by atoms with E-state index < -0.39 is 28.5 Å². The van der Waals surface area contributed by atoms with Crippen molar-refractivity contribution < 1.29 is 18.0 Å². The molecule has 0 saturated heterocycles. The maximum Gasteiger partial charge on any atom is 0.243 e. The number of halogens is 1. The lowest BCUT2D eigenvalue weighted by atomic mass is 10.0. The van der Waals surface area contributed by atoms with E-state index >= 15 is 0 Å². The highest BCUT2D eigenvalue weighted by molar-refractivity contribution is 7.88. The molecular formula is C30H36ClN3O4S. The van der Waals surface area contributed by atoms with Gasteiger partial charge in [-0.25, -0.2) is 8.42 Å². The van der Waals surface area contributed by atoms with Gasteiger partial charge in [0.25, 0.3) is 0 Å². The topological polar surface area (TPSA) is 86.8 Å². The molecule has 0 saturated carbocycles. The summed E-state index contributed by atoms with van der Waals surface area (Å²) < 4.78 is 26.6. The van der Waals surface area contributed by atoms with Gasteiger partial charge in [-0.1, -0.05) is 97.7 Å². The molecular weight excluding hydrogens is 534 g/mol. The van der Waals surface area contributed by atoms with Crippen molar-refractivity contribution in [2.45, 2.75) is 45.3 Å². The first-order chi connectivity index (χ1) is 18.7. The van der Waals surface area contributed by atoms with Crippen LogP contribution in [0.15, 0.2) is 84.9 Å². The van der Waals surface area contributed by atoms with Crippen LogP contribution in [-0.4, -0.2) is 54.8 Å². The van der Waals surface area contributed by atoms with Crippen LogP contribution in [0.1, 0.15) is 36.5 Å². The minimum Gasteiger partial charge on any atom is -0.354 e. The summed E-state index contributed by atoms with van der Waals surface area (Å²) in [6.07, 6.45) is 3.11. The van der Waals surface area contributed by atoms with E-state index in [-0.39, 0.29) is 25.4 Å². The van der Waals surface area contributed by atoms with E-state index in [1.165, 1.54) is 4.90 Å². The lowest BCUT2D eigenvalue weighted by molar-refractivity contribution is -0.141. The second-order valence-electron chi connectivity index (χ2n) is 9.51. The fourth-order valence-electron chi connectivity index (χ4n) is 4.17. The lowest BCUT2D eigenvalue weighted by Crippen LogP contribution is -2.53. The van der Waals surface area contributed by atoms with Gasteiger partial charge in [-0.2, -0.15) is 4.31 Å². The molecule has 3 aromatic rings. The van der Waals surface area contributed by atoms with Crippen LogP contribution in [0.25, 0.3) is 0 Å². The molecule has 0 spiro atoms. The van der Waals surface area contributed by atoms with Crippen LogP contribution in [0.3, 0.4) is 0 Å². The normalized spacial score (nSPS) is 12.2.